The molecule has 0 radical (unpaired) electrons. The summed E-state index contributed by atoms with van der Waals surface area (Å²) in [7, 11) is 0. The molecule has 6 aliphatic rings. The Balaban J connectivity index is 0.00000267. The molecular weight excluding hydrogens is 466 g/mol. The van der Waals surface area contributed by atoms with Crippen molar-refractivity contribution >= 4 is 12.4 Å². The highest BCUT2D eigenvalue weighted by Gasteiger charge is 2.72. The predicted octanol–water partition coefficient (Wildman–Crippen LogP) is 7.64. The van der Waals surface area contributed by atoms with Crippen LogP contribution in [0.5, 0.6) is 0 Å². The van der Waals surface area contributed by atoms with Gasteiger partial charge < -0.3 is 15.2 Å². The molecule has 4 heteroatoms. The molecule has 3 nitrogen and oxygen atoms in total. The summed E-state index contributed by atoms with van der Waals surface area (Å²) in [6.45, 7) is 20.7. The van der Waals surface area contributed by atoms with Crippen molar-refractivity contribution in [3.05, 3.63) is 0 Å². The third kappa shape index (κ3) is 3.34. The molecule has 2 bridgehead atoms. The van der Waals surface area contributed by atoms with Crippen molar-refractivity contribution < 1.29 is 9.47 Å². The fraction of sp³-hybridized carbons (Fsp3) is 1.00. The summed E-state index contributed by atoms with van der Waals surface area (Å²) in [5.74, 6) is 3.24. The van der Waals surface area contributed by atoms with Crippen LogP contribution in [0, 0.1) is 56.2 Å². The third-order valence-corrected chi connectivity index (χ3v) is 14.5. The van der Waals surface area contributed by atoms with Gasteiger partial charge in [-0.05, 0) is 120 Å². The maximum absolute atomic E-state index is 6.75. The van der Waals surface area contributed by atoms with Crippen LogP contribution in [-0.2, 0) is 9.47 Å². The second-order valence-corrected chi connectivity index (χ2v) is 16.3. The van der Waals surface area contributed by atoms with Crippen LogP contribution in [0.2, 0.25) is 0 Å². The van der Waals surface area contributed by atoms with Gasteiger partial charge >= 0.3 is 0 Å². The molecule has 0 aromatic rings. The first-order chi connectivity index (χ1) is 16.4. The second-order valence-electron chi connectivity index (χ2n) is 16.3. The van der Waals surface area contributed by atoms with E-state index >= 15 is 0 Å². The van der Waals surface area contributed by atoms with Gasteiger partial charge in [0.1, 0.15) is 0 Å². The number of nitrogens with two attached hydrogens (primary N) is 1. The summed E-state index contributed by atoms with van der Waals surface area (Å²) in [4.78, 5) is 0. The van der Waals surface area contributed by atoms with Crippen molar-refractivity contribution in [2.45, 2.75) is 125 Å². The summed E-state index contributed by atoms with van der Waals surface area (Å²) in [6, 6.07) is 0. The van der Waals surface area contributed by atoms with Gasteiger partial charge in [-0.1, -0.05) is 48.5 Å². The smallest absolute Gasteiger partial charge is 0.0663 e. The molecule has 0 amide bonds. The van der Waals surface area contributed by atoms with E-state index in [1.165, 1.54) is 64.2 Å². The summed E-state index contributed by atoms with van der Waals surface area (Å²) >= 11 is 0. The van der Waals surface area contributed by atoms with Gasteiger partial charge in [-0.25, -0.2) is 0 Å². The van der Waals surface area contributed by atoms with Crippen LogP contribution < -0.4 is 5.73 Å². The highest BCUT2D eigenvalue weighted by molar-refractivity contribution is 5.85. The average Bonchev–Trinajstić information content (AvgIpc) is 3.12. The molecule has 6 fully saturated rings. The van der Waals surface area contributed by atoms with E-state index in [-0.39, 0.29) is 17.8 Å². The van der Waals surface area contributed by atoms with Crippen molar-refractivity contribution in [1.82, 2.24) is 0 Å². The molecule has 0 aromatic heterocycles. The lowest BCUT2D eigenvalue weighted by Gasteiger charge is -2.73. The first kappa shape index (κ1) is 27.7. The normalized spacial score (nSPS) is 54.3. The van der Waals surface area contributed by atoms with Crippen LogP contribution in [0.25, 0.3) is 0 Å². The van der Waals surface area contributed by atoms with E-state index in [2.05, 4.69) is 48.5 Å². The Labute approximate surface area is 228 Å². The van der Waals surface area contributed by atoms with Crippen molar-refractivity contribution in [2.24, 2.45) is 61.9 Å². The van der Waals surface area contributed by atoms with Gasteiger partial charge in [-0.15, -0.1) is 12.4 Å². The second kappa shape index (κ2) is 8.58. The zero-order valence-electron chi connectivity index (χ0n) is 24.5. The van der Waals surface area contributed by atoms with Gasteiger partial charge in [0.05, 0.1) is 25.4 Å². The molecule has 2 N–H and O–H groups in total. The molecule has 36 heavy (non-hydrogen) atoms. The van der Waals surface area contributed by atoms with Crippen molar-refractivity contribution in [3.8, 4) is 0 Å². The molecule has 1 aliphatic heterocycles. The Hall–Kier alpha value is 0.170. The number of hydrogen-bond donors (Lipinski definition) is 1. The lowest BCUT2D eigenvalue weighted by atomic mass is 9.31. The first-order valence-electron chi connectivity index (χ1n) is 15.3. The SMILES string of the molecule is CC1(C)CCC23CC[C@]4(C)C(CCC5[C@@]6(C)CC[C@H](OCCN)C(C)(C)C6CC[C@]54C)C2C1OC3.Cl. The fourth-order valence-corrected chi connectivity index (χ4v) is 12.5. The van der Waals surface area contributed by atoms with E-state index in [1.807, 2.05) is 0 Å². The highest BCUT2D eigenvalue weighted by Crippen LogP contribution is 2.78. The summed E-state index contributed by atoms with van der Waals surface area (Å²) in [5.41, 5.74) is 8.24. The van der Waals surface area contributed by atoms with Crippen molar-refractivity contribution in [2.75, 3.05) is 19.8 Å². The van der Waals surface area contributed by atoms with E-state index in [1.54, 1.807) is 0 Å². The lowest BCUT2D eigenvalue weighted by molar-refractivity contribution is -0.255. The maximum Gasteiger partial charge on any atom is 0.0663 e. The molecule has 5 saturated carbocycles. The van der Waals surface area contributed by atoms with Crippen LogP contribution in [-0.4, -0.2) is 32.0 Å². The van der Waals surface area contributed by atoms with Gasteiger partial charge in [0.15, 0.2) is 0 Å². The minimum Gasteiger partial charge on any atom is -0.377 e. The standard InChI is InChI=1S/C32H55NO2.ClH/c1-27(2)14-16-32-17-15-30(6)21(25(32)26(27)35-20-32)8-9-23-29(5)12-11-24(34-19-18-33)28(3,4)22(29)10-13-31(23,30)7;/h21-26H,8-20,33H2,1-7H3;1H/t21?,22?,23?,24-,25?,26?,29-,30+,31+,32?;/m0./s1. The molecule has 208 valence electrons. The van der Waals surface area contributed by atoms with E-state index in [4.69, 9.17) is 15.2 Å². The van der Waals surface area contributed by atoms with E-state index in [0.29, 0.717) is 52.4 Å². The number of ether oxygens (including phenoxy) is 2. The summed E-state index contributed by atoms with van der Waals surface area (Å²) in [5, 5.41) is 0. The van der Waals surface area contributed by atoms with Crippen molar-refractivity contribution in [1.29, 1.82) is 0 Å². The number of halogens is 1. The minimum atomic E-state index is 0. The van der Waals surface area contributed by atoms with E-state index in [9.17, 15) is 0 Å². The number of hydrogen-bond acceptors (Lipinski definition) is 3. The molecule has 6 rings (SSSR count). The maximum atomic E-state index is 6.75. The number of rotatable bonds is 3. The fourth-order valence-electron chi connectivity index (χ4n) is 12.5. The predicted molar refractivity (Wildman–Crippen MR) is 150 cm³/mol. The van der Waals surface area contributed by atoms with Gasteiger partial charge in [0.25, 0.3) is 0 Å². The van der Waals surface area contributed by atoms with Crippen LogP contribution >= 0.6 is 12.4 Å². The number of fused-ring (bicyclic) bond motifs is 5. The Kier molecular flexibility index (Phi) is 6.61. The topological polar surface area (TPSA) is 44.5 Å². The first-order valence-corrected chi connectivity index (χ1v) is 15.3. The van der Waals surface area contributed by atoms with E-state index in [0.717, 1.165) is 30.3 Å². The molecular formula is C32H56ClNO2. The monoisotopic (exact) mass is 521 g/mol. The highest BCUT2D eigenvalue weighted by atomic mass is 35.5. The largest absolute Gasteiger partial charge is 0.377 e. The van der Waals surface area contributed by atoms with Crippen LogP contribution in [0.15, 0.2) is 0 Å². The zero-order chi connectivity index (χ0) is 25.1. The van der Waals surface area contributed by atoms with Crippen LogP contribution in [0.1, 0.15) is 113 Å². The van der Waals surface area contributed by atoms with Gasteiger partial charge in [0, 0.05) is 6.54 Å². The third-order valence-electron chi connectivity index (χ3n) is 14.5. The van der Waals surface area contributed by atoms with Crippen LogP contribution in [0.3, 0.4) is 0 Å². The molecule has 0 aromatic carbocycles. The summed E-state index contributed by atoms with van der Waals surface area (Å²) in [6.07, 6.45) is 14.7. The molecule has 1 heterocycles. The molecule has 6 unspecified atom stereocenters. The van der Waals surface area contributed by atoms with Gasteiger partial charge in [0.2, 0.25) is 0 Å². The zero-order valence-corrected chi connectivity index (χ0v) is 25.3. The van der Waals surface area contributed by atoms with E-state index < -0.39 is 0 Å². The quantitative estimate of drug-likeness (QED) is 0.415. The molecule has 5 aliphatic carbocycles. The Morgan fingerprint density at radius 2 is 1.50 bits per heavy atom. The Bertz CT molecular complexity index is 859. The molecule has 0 spiro atoms. The Morgan fingerprint density at radius 1 is 0.778 bits per heavy atom. The average molecular weight is 522 g/mol. The Morgan fingerprint density at radius 3 is 2.22 bits per heavy atom. The molecule has 10 atom stereocenters. The van der Waals surface area contributed by atoms with Crippen molar-refractivity contribution in [3.63, 3.8) is 0 Å². The minimum absolute atomic E-state index is 0. The van der Waals surface area contributed by atoms with Crippen LogP contribution in [0.4, 0.5) is 0 Å². The van der Waals surface area contributed by atoms with Gasteiger partial charge in [-0.2, -0.15) is 0 Å². The van der Waals surface area contributed by atoms with Gasteiger partial charge in [-0.3, -0.25) is 0 Å². The molecule has 1 saturated heterocycles. The lowest BCUT2D eigenvalue weighted by Crippen LogP contribution is -2.67. The summed E-state index contributed by atoms with van der Waals surface area (Å²) < 4.78 is 13.1.